The van der Waals surface area contributed by atoms with E-state index in [2.05, 4.69) is 0 Å². The lowest BCUT2D eigenvalue weighted by Gasteiger charge is -1.95. The van der Waals surface area contributed by atoms with Crippen molar-refractivity contribution in [3.05, 3.63) is 21.3 Å². The van der Waals surface area contributed by atoms with Gasteiger partial charge in [0.15, 0.2) is 0 Å². The number of nitrogens with two attached hydrogens (primary N) is 1. The Morgan fingerprint density at radius 3 is 2.56 bits per heavy atom. The predicted molar refractivity (Wildman–Crippen MR) is 38.5 cm³/mol. The number of hydrogen-bond donors (Lipinski definition) is 2. The Bertz CT molecular complexity index is 199. The third-order valence-electron chi connectivity index (χ3n) is 0.885. The second-order valence-corrected chi connectivity index (χ2v) is 3.33. The van der Waals surface area contributed by atoms with Crippen LogP contribution in [0, 0.1) is 0 Å². The average Bonchev–Trinajstić information content (AvgIpc) is 2.14. The molecule has 3 N–H and O–H groups in total. The first-order chi connectivity index (χ1) is 4.20. The number of halogens is 1. The average molecular weight is 164 g/mol. The maximum atomic E-state index is 8.77. The molecule has 2 nitrogen and oxygen atoms in total. The molecule has 0 amide bonds. The first kappa shape index (κ1) is 7.02. The lowest BCUT2D eigenvalue weighted by atomic mass is 10.4. The molecule has 1 aromatic heterocycles. The largest absolute Gasteiger partial charge is 0.374 e. The Hall–Kier alpha value is -0.0900. The molecule has 1 rings (SSSR count). The smallest absolute Gasteiger partial charge is 0.137 e. The van der Waals surface area contributed by atoms with Crippen molar-refractivity contribution in [1.82, 2.24) is 0 Å². The zero-order valence-electron chi connectivity index (χ0n) is 4.54. The quantitative estimate of drug-likeness (QED) is 0.614. The standard InChI is InChI=1S/C5H6ClNOS/c6-4-2-1-3(9-4)5(7)8/h1-2,5,8H,7H2. The first-order valence-electron chi connectivity index (χ1n) is 2.39. The van der Waals surface area contributed by atoms with Crippen LogP contribution in [0.1, 0.15) is 11.1 Å². The molecule has 0 aliphatic rings. The summed E-state index contributed by atoms with van der Waals surface area (Å²) in [6.07, 6.45) is -0.887. The molecule has 0 fully saturated rings. The van der Waals surface area contributed by atoms with E-state index in [0.717, 1.165) is 0 Å². The summed E-state index contributed by atoms with van der Waals surface area (Å²) in [5, 5.41) is 8.77. The van der Waals surface area contributed by atoms with Crippen LogP contribution < -0.4 is 5.73 Å². The highest BCUT2D eigenvalue weighted by Crippen LogP contribution is 2.24. The van der Waals surface area contributed by atoms with Crippen molar-refractivity contribution >= 4 is 22.9 Å². The van der Waals surface area contributed by atoms with Crippen LogP contribution in [0.15, 0.2) is 12.1 Å². The Morgan fingerprint density at radius 1 is 1.67 bits per heavy atom. The minimum Gasteiger partial charge on any atom is -0.374 e. The van der Waals surface area contributed by atoms with Crippen LogP contribution in [-0.2, 0) is 0 Å². The maximum Gasteiger partial charge on any atom is 0.137 e. The first-order valence-corrected chi connectivity index (χ1v) is 3.58. The Kier molecular flexibility index (Phi) is 2.08. The van der Waals surface area contributed by atoms with Crippen LogP contribution in [0.3, 0.4) is 0 Å². The molecule has 0 saturated carbocycles. The van der Waals surface area contributed by atoms with E-state index in [9.17, 15) is 0 Å². The van der Waals surface area contributed by atoms with Crippen LogP contribution in [-0.4, -0.2) is 5.11 Å². The number of rotatable bonds is 1. The highest BCUT2D eigenvalue weighted by molar-refractivity contribution is 7.16. The highest BCUT2D eigenvalue weighted by Gasteiger charge is 2.02. The van der Waals surface area contributed by atoms with Gasteiger partial charge in [-0.15, -0.1) is 11.3 Å². The fraction of sp³-hybridized carbons (Fsp3) is 0.200. The molecule has 1 aromatic rings. The Balaban J connectivity index is 2.85. The summed E-state index contributed by atoms with van der Waals surface area (Å²) in [7, 11) is 0. The van der Waals surface area contributed by atoms with Crippen LogP contribution in [0.5, 0.6) is 0 Å². The van der Waals surface area contributed by atoms with E-state index >= 15 is 0 Å². The molecule has 0 spiro atoms. The zero-order chi connectivity index (χ0) is 6.85. The van der Waals surface area contributed by atoms with Crippen molar-refractivity contribution in [2.24, 2.45) is 5.73 Å². The van der Waals surface area contributed by atoms with Crippen molar-refractivity contribution < 1.29 is 5.11 Å². The van der Waals surface area contributed by atoms with Gasteiger partial charge in [0.25, 0.3) is 0 Å². The van der Waals surface area contributed by atoms with E-state index in [1.165, 1.54) is 11.3 Å². The molecule has 0 saturated heterocycles. The van der Waals surface area contributed by atoms with Gasteiger partial charge in [0.1, 0.15) is 6.23 Å². The van der Waals surface area contributed by atoms with Crippen molar-refractivity contribution in [3.63, 3.8) is 0 Å². The predicted octanol–water partition coefficient (Wildman–Crippen LogP) is 1.35. The Morgan fingerprint density at radius 2 is 2.33 bits per heavy atom. The molecular formula is C5H6ClNOS. The van der Waals surface area contributed by atoms with Gasteiger partial charge in [0.2, 0.25) is 0 Å². The molecule has 1 unspecified atom stereocenters. The third-order valence-corrected chi connectivity index (χ3v) is 2.19. The van der Waals surface area contributed by atoms with Gasteiger partial charge in [-0.1, -0.05) is 11.6 Å². The molecule has 1 heterocycles. The van der Waals surface area contributed by atoms with Crippen molar-refractivity contribution in [2.75, 3.05) is 0 Å². The number of thiophene rings is 1. The second kappa shape index (κ2) is 2.66. The molecule has 0 aliphatic heterocycles. The Labute approximate surface area is 61.9 Å². The normalized spacial score (nSPS) is 13.7. The lowest BCUT2D eigenvalue weighted by Crippen LogP contribution is -2.05. The summed E-state index contributed by atoms with van der Waals surface area (Å²) in [5.74, 6) is 0. The van der Waals surface area contributed by atoms with Crippen molar-refractivity contribution in [2.45, 2.75) is 6.23 Å². The molecule has 1 atom stereocenters. The number of aliphatic hydroxyl groups is 1. The summed E-state index contributed by atoms with van der Waals surface area (Å²) in [6, 6.07) is 3.41. The van der Waals surface area contributed by atoms with E-state index in [-0.39, 0.29) is 0 Å². The minimum absolute atomic E-state index is 0.648. The van der Waals surface area contributed by atoms with Crippen molar-refractivity contribution in [1.29, 1.82) is 0 Å². The van der Waals surface area contributed by atoms with E-state index in [4.69, 9.17) is 22.4 Å². The lowest BCUT2D eigenvalue weighted by molar-refractivity contribution is 0.190. The molecular weight excluding hydrogens is 158 g/mol. The topological polar surface area (TPSA) is 46.2 Å². The van der Waals surface area contributed by atoms with E-state index in [0.29, 0.717) is 9.21 Å². The zero-order valence-corrected chi connectivity index (χ0v) is 6.12. The molecule has 50 valence electrons. The van der Waals surface area contributed by atoms with Gasteiger partial charge in [-0.3, -0.25) is 0 Å². The number of aliphatic hydroxyl groups excluding tert-OH is 1. The van der Waals surface area contributed by atoms with Gasteiger partial charge >= 0.3 is 0 Å². The summed E-state index contributed by atoms with van der Waals surface area (Å²) in [5.41, 5.74) is 5.13. The highest BCUT2D eigenvalue weighted by atomic mass is 35.5. The molecule has 0 aromatic carbocycles. The van der Waals surface area contributed by atoms with Gasteiger partial charge in [-0.05, 0) is 12.1 Å². The van der Waals surface area contributed by atoms with Crippen LogP contribution in [0.4, 0.5) is 0 Å². The monoisotopic (exact) mass is 163 g/mol. The molecule has 4 heteroatoms. The molecule has 0 radical (unpaired) electrons. The number of hydrogen-bond acceptors (Lipinski definition) is 3. The molecule has 9 heavy (non-hydrogen) atoms. The fourth-order valence-electron chi connectivity index (χ4n) is 0.487. The minimum atomic E-state index is -0.887. The summed E-state index contributed by atoms with van der Waals surface area (Å²) >= 11 is 6.84. The van der Waals surface area contributed by atoms with Crippen LogP contribution in [0.25, 0.3) is 0 Å². The van der Waals surface area contributed by atoms with Gasteiger partial charge < -0.3 is 10.8 Å². The maximum absolute atomic E-state index is 8.77. The van der Waals surface area contributed by atoms with Crippen LogP contribution in [0.2, 0.25) is 4.34 Å². The molecule has 0 aliphatic carbocycles. The summed E-state index contributed by atoms with van der Waals surface area (Å²) in [6.45, 7) is 0. The van der Waals surface area contributed by atoms with Crippen molar-refractivity contribution in [3.8, 4) is 0 Å². The fourth-order valence-corrected chi connectivity index (χ4v) is 1.44. The summed E-state index contributed by atoms with van der Waals surface area (Å²) < 4.78 is 0.648. The van der Waals surface area contributed by atoms with E-state index in [1.807, 2.05) is 0 Å². The van der Waals surface area contributed by atoms with Gasteiger partial charge in [0, 0.05) is 4.88 Å². The second-order valence-electron chi connectivity index (χ2n) is 1.59. The van der Waals surface area contributed by atoms with E-state index < -0.39 is 6.23 Å². The molecule has 0 bridgehead atoms. The van der Waals surface area contributed by atoms with Crippen LogP contribution >= 0.6 is 22.9 Å². The SMILES string of the molecule is NC(O)c1ccc(Cl)s1. The summed E-state index contributed by atoms with van der Waals surface area (Å²) in [4.78, 5) is 0.694. The van der Waals surface area contributed by atoms with Gasteiger partial charge in [-0.2, -0.15) is 0 Å². The third kappa shape index (κ3) is 1.66. The van der Waals surface area contributed by atoms with Gasteiger partial charge in [-0.25, -0.2) is 0 Å². The van der Waals surface area contributed by atoms with E-state index in [1.54, 1.807) is 12.1 Å². The van der Waals surface area contributed by atoms with Gasteiger partial charge in [0.05, 0.1) is 4.34 Å².